The van der Waals surface area contributed by atoms with Gasteiger partial charge in [0.1, 0.15) is 6.73 Å². The van der Waals surface area contributed by atoms with Gasteiger partial charge in [-0.05, 0) is 36.5 Å². The number of hydrogen-bond acceptors (Lipinski definition) is 4. The van der Waals surface area contributed by atoms with E-state index in [9.17, 15) is 5.11 Å². The van der Waals surface area contributed by atoms with Crippen LogP contribution in [0.25, 0.3) is 17.1 Å². The summed E-state index contributed by atoms with van der Waals surface area (Å²) >= 11 is 5.38. The molecule has 5 nitrogen and oxygen atoms in total. The Morgan fingerprint density at radius 1 is 1.10 bits per heavy atom. The molecule has 0 amide bonds. The van der Waals surface area contributed by atoms with Gasteiger partial charge in [-0.2, -0.15) is 0 Å². The summed E-state index contributed by atoms with van der Waals surface area (Å²) in [5.41, 5.74) is 1.74. The van der Waals surface area contributed by atoms with E-state index in [1.165, 1.54) is 4.68 Å². The van der Waals surface area contributed by atoms with Crippen LogP contribution in [0.1, 0.15) is 0 Å². The van der Waals surface area contributed by atoms with E-state index in [0.29, 0.717) is 10.6 Å². The van der Waals surface area contributed by atoms with Crippen molar-refractivity contribution in [2.24, 2.45) is 0 Å². The molecule has 2 heterocycles. The van der Waals surface area contributed by atoms with E-state index in [4.69, 9.17) is 12.2 Å². The van der Waals surface area contributed by atoms with Gasteiger partial charge in [0.25, 0.3) is 0 Å². The zero-order chi connectivity index (χ0) is 13.9. The lowest BCUT2D eigenvalue weighted by Gasteiger charge is -2.05. The summed E-state index contributed by atoms with van der Waals surface area (Å²) in [6.07, 6.45) is 3.42. The number of rotatable bonds is 3. The van der Waals surface area contributed by atoms with Crippen LogP contribution in [0.4, 0.5) is 0 Å². The number of aliphatic hydroxyl groups excluding tert-OH is 1. The quantitative estimate of drug-likeness (QED) is 0.750. The first-order valence-electron chi connectivity index (χ1n) is 6.08. The third-order valence-electron chi connectivity index (χ3n) is 2.91. The molecule has 0 aliphatic carbocycles. The molecular weight excluding hydrogens is 272 g/mol. The summed E-state index contributed by atoms with van der Waals surface area (Å²) in [6, 6.07) is 13.4. The Kier molecular flexibility index (Phi) is 3.41. The average Bonchev–Trinajstić information content (AvgIpc) is 2.86. The van der Waals surface area contributed by atoms with Gasteiger partial charge < -0.3 is 5.11 Å². The molecule has 0 spiro atoms. The summed E-state index contributed by atoms with van der Waals surface area (Å²) < 4.78 is 3.64. The predicted octanol–water partition coefficient (Wildman–Crippen LogP) is 2.42. The first-order valence-corrected chi connectivity index (χ1v) is 6.48. The van der Waals surface area contributed by atoms with Crippen molar-refractivity contribution >= 4 is 12.2 Å². The van der Waals surface area contributed by atoms with Gasteiger partial charge in [0.2, 0.25) is 4.77 Å². The van der Waals surface area contributed by atoms with Gasteiger partial charge >= 0.3 is 0 Å². The van der Waals surface area contributed by atoms with Gasteiger partial charge in [0, 0.05) is 23.6 Å². The van der Waals surface area contributed by atoms with Gasteiger partial charge in [0.15, 0.2) is 5.82 Å². The number of benzene rings is 1. The van der Waals surface area contributed by atoms with E-state index < -0.39 is 0 Å². The van der Waals surface area contributed by atoms with E-state index in [1.54, 1.807) is 12.4 Å². The van der Waals surface area contributed by atoms with Crippen molar-refractivity contribution in [3.8, 4) is 17.1 Å². The van der Waals surface area contributed by atoms with E-state index in [0.717, 1.165) is 11.3 Å². The molecule has 0 radical (unpaired) electrons. The largest absolute Gasteiger partial charge is 0.374 e. The third-order valence-corrected chi connectivity index (χ3v) is 3.30. The van der Waals surface area contributed by atoms with Crippen LogP contribution in [0.5, 0.6) is 0 Å². The van der Waals surface area contributed by atoms with Gasteiger partial charge in [-0.25, -0.2) is 4.68 Å². The molecule has 0 aliphatic rings. The van der Waals surface area contributed by atoms with Gasteiger partial charge in [-0.3, -0.25) is 9.55 Å². The van der Waals surface area contributed by atoms with E-state index in [1.807, 2.05) is 47.0 Å². The van der Waals surface area contributed by atoms with E-state index in [-0.39, 0.29) is 6.73 Å². The fourth-order valence-electron chi connectivity index (χ4n) is 1.99. The van der Waals surface area contributed by atoms with Crippen LogP contribution in [0, 0.1) is 4.77 Å². The van der Waals surface area contributed by atoms with Crippen LogP contribution in [0.3, 0.4) is 0 Å². The standard InChI is InChI=1S/C14H12N4OS/c19-10-17-14(20)18(12-6-2-1-3-7-12)13(16-17)11-5-4-8-15-9-11/h1-9,19H,10H2. The van der Waals surface area contributed by atoms with Crippen molar-refractivity contribution in [1.82, 2.24) is 19.3 Å². The molecule has 3 aromatic rings. The normalized spacial score (nSPS) is 10.7. The summed E-state index contributed by atoms with van der Waals surface area (Å²) in [5, 5.41) is 13.7. The number of aliphatic hydroxyl groups is 1. The lowest BCUT2D eigenvalue weighted by Crippen LogP contribution is -2.00. The van der Waals surface area contributed by atoms with Crippen molar-refractivity contribution in [2.75, 3.05) is 0 Å². The first-order chi connectivity index (χ1) is 9.81. The van der Waals surface area contributed by atoms with E-state index in [2.05, 4.69) is 10.1 Å². The van der Waals surface area contributed by atoms with Gasteiger partial charge in [-0.15, -0.1) is 5.10 Å². The molecule has 0 saturated heterocycles. The van der Waals surface area contributed by atoms with Crippen molar-refractivity contribution in [1.29, 1.82) is 0 Å². The topological polar surface area (TPSA) is 55.9 Å². The highest BCUT2D eigenvalue weighted by atomic mass is 32.1. The summed E-state index contributed by atoms with van der Waals surface area (Å²) in [7, 11) is 0. The second-order valence-corrected chi connectivity index (χ2v) is 4.52. The maximum atomic E-state index is 9.35. The Bertz CT molecular complexity index is 765. The highest BCUT2D eigenvalue weighted by Crippen LogP contribution is 2.21. The SMILES string of the molecule is OCn1nc(-c2cccnc2)n(-c2ccccc2)c1=S. The van der Waals surface area contributed by atoms with Crippen molar-refractivity contribution in [3.63, 3.8) is 0 Å². The van der Waals surface area contributed by atoms with Crippen LogP contribution >= 0.6 is 12.2 Å². The molecular formula is C14H12N4OS. The number of para-hydroxylation sites is 1. The molecule has 1 aromatic carbocycles. The van der Waals surface area contributed by atoms with Gasteiger partial charge in [0.05, 0.1) is 0 Å². The minimum absolute atomic E-state index is 0.258. The van der Waals surface area contributed by atoms with Crippen LogP contribution in [-0.4, -0.2) is 24.4 Å². The highest BCUT2D eigenvalue weighted by Gasteiger charge is 2.13. The van der Waals surface area contributed by atoms with Crippen LogP contribution in [-0.2, 0) is 6.73 Å². The number of nitrogens with zero attached hydrogens (tertiary/aromatic N) is 4. The van der Waals surface area contributed by atoms with Crippen molar-refractivity contribution < 1.29 is 5.11 Å². The molecule has 100 valence electrons. The zero-order valence-corrected chi connectivity index (χ0v) is 11.4. The van der Waals surface area contributed by atoms with Crippen LogP contribution in [0.15, 0.2) is 54.9 Å². The Morgan fingerprint density at radius 2 is 1.90 bits per heavy atom. The molecule has 2 aromatic heterocycles. The smallest absolute Gasteiger partial charge is 0.205 e. The zero-order valence-electron chi connectivity index (χ0n) is 10.5. The molecule has 0 bridgehead atoms. The minimum atomic E-state index is -0.258. The number of pyridine rings is 1. The number of aromatic nitrogens is 4. The summed E-state index contributed by atoms with van der Waals surface area (Å²) in [4.78, 5) is 4.10. The monoisotopic (exact) mass is 284 g/mol. The second-order valence-electron chi connectivity index (χ2n) is 4.16. The maximum absolute atomic E-state index is 9.35. The Morgan fingerprint density at radius 3 is 2.55 bits per heavy atom. The number of hydrogen-bond donors (Lipinski definition) is 1. The first kappa shape index (κ1) is 12.7. The average molecular weight is 284 g/mol. The third kappa shape index (κ3) is 2.15. The molecule has 0 atom stereocenters. The van der Waals surface area contributed by atoms with Gasteiger partial charge in [-0.1, -0.05) is 18.2 Å². The second kappa shape index (κ2) is 5.36. The van der Waals surface area contributed by atoms with Crippen LogP contribution < -0.4 is 0 Å². The highest BCUT2D eigenvalue weighted by molar-refractivity contribution is 7.71. The summed E-state index contributed by atoms with van der Waals surface area (Å²) in [6.45, 7) is -0.258. The van der Waals surface area contributed by atoms with Crippen molar-refractivity contribution in [3.05, 3.63) is 59.6 Å². The molecule has 20 heavy (non-hydrogen) atoms. The molecule has 0 aliphatic heterocycles. The van der Waals surface area contributed by atoms with Crippen LogP contribution in [0.2, 0.25) is 0 Å². The Labute approximate surface area is 120 Å². The molecule has 3 rings (SSSR count). The molecule has 6 heteroatoms. The molecule has 0 fully saturated rings. The Balaban J connectivity index is 2.28. The maximum Gasteiger partial charge on any atom is 0.205 e. The molecule has 0 unspecified atom stereocenters. The lowest BCUT2D eigenvalue weighted by atomic mass is 10.2. The minimum Gasteiger partial charge on any atom is -0.374 e. The van der Waals surface area contributed by atoms with Crippen molar-refractivity contribution in [2.45, 2.75) is 6.73 Å². The fourth-order valence-corrected chi connectivity index (χ4v) is 2.28. The fraction of sp³-hybridized carbons (Fsp3) is 0.0714. The lowest BCUT2D eigenvalue weighted by molar-refractivity contribution is 0.193. The Hall–Kier alpha value is -2.31. The molecule has 1 N–H and O–H groups in total. The molecule has 0 saturated carbocycles. The predicted molar refractivity (Wildman–Crippen MR) is 77.8 cm³/mol. The van der Waals surface area contributed by atoms with E-state index >= 15 is 0 Å². The summed E-state index contributed by atoms with van der Waals surface area (Å²) in [5.74, 6) is 0.656.